The number of rotatable bonds is 8. The minimum Gasteiger partial charge on any atom is -0.497 e. The third kappa shape index (κ3) is 3.95. The summed E-state index contributed by atoms with van der Waals surface area (Å²) in [6.07, 6.45) is 0. The Bertz CT molecular complexity index is 1430. The minimum atomic E-state index is -0.900. The zero-order valence-corrected chi connectivity index (χ0v) is 20.0. The molecule has 0 spiro atoms. The number of β-lactam (4-membered cyclic amide) rings is 1. The van der Waals surface area contributed by atoms with Crippen LogP contribution in [0.1, 0.15) is 11.6 Å². The summed E-state index contributed by atoms with van der Waals surface area (Å²) in [7, 11) is 3.11. The third-order valence-electron chi connectivity index (χ3n) is 6.53. The molecule has 184 valence electrons. The monoisotopic (exact) mass is 486 g/mol. The molecule has 1 N–H and O–H groups in total. The van der Waals surface area contributed by atoms with Crippen molar-refractivity contribution < 1.29 is 23.8 Å². The second kappa shape index (κ2) is 9.75. The van der Waals surface area contributed by atoms with E-state index in [1.807, 2.05) is 66.7 Å². The smallest absolute Gasteiger partial charge is 0.420 e. The van der Waals surface area contributed by atoms with E-state index in [1.54, 1.807) is 31.3 Å². The standard InChI is InChI=1S/C28H26N2O6/c1-34-21-14-13-20(23(15-21)35-2)16-29-22(17-31)25(27(29)32)30-24(18-9-5-3-6-10-18)26(36-28(30)33)19-11-7-4-8-12-19/h3-15,22,25,31H,16-17H2,1-2H3/t22-,25+/m0/s1. The Morgan fingerprint density at radius 1 is 0.889 bits per heavy atom. The van der Waals surface area contributed by atoms with Crippen LogP contribution in [0, 0.1) is 0 Å². The van der Waals surface area contributed by atoms with E-state index in [9.17, 15) is 14.7 Å². The van der Waals surface area contributed by atoms with Gasteiger partial charge in [0.1, 0.15) is 17.5 Å². The van der Waals surface area contributed by atoms with Gasteiger partial charge >= 0.3 is 5.76 Å². The van der Waals surface area contributed by atoms with Gasteiger partial charge in [-0.05, 0) is 12.1 Å². The Balaban J connectivity index is 1.55. The molecule has 1 saturated heterocycles. The highest BCUT2D eigenvalue weighted by Crippen LogP contribution is 2.40. The zero-order chi connectivity index (χ0) is 25.2. The quantitative estimate of drug-likeness (QED) is 0.382. The topological polar surface area (TPSA) is 94.1 Å². The van der Waals surface area contributed by atoms with Gasteiger partial charge in [0.05, 0.1) is 32.6 Å². The lowest BCUT2D eigenvalue weighted by Crippen LogP contribution is -2.63. The predicted molar refractivity (Wildman–Crippen MR) is 134 cm³/mol. The summed E-state index contributed by atoms with van der Waals surface area (Å²) in [6, 6.07) is 22.5. The third-order valence-corrected chi connectivity index (χ3v) is 6.53. The fraction of sp³-hybridized carbons (Fsp3) is 0.214. The van der Waals surface area contributed by atoms with Gasteiger partial charge in [-0.15, -0.1) is 0 Å². The number of hydrogen-bond acceptors (Lipinski definition) is 6. The van der Waals surface area contributed by atoms with E-state index in [2.05, 4.69) is 0 Å². The van der Waals surface area contributed by atoms with Crippen molar-refractivity contribution in [2.45, 2.75) is 18.6 Å². The van der Waals surface area contributed by atoms with E-state index in [0.29, 0.717) is 23.0 Å². The predicted octanol–water partition coefficient (Wildman–Crippen LogP) is 3.74. The van der Waals surface area contributed by atoms with Crippen LogP contribution < -0.4 is 15.2 Å². The van der Waals surface area contributed by atoms with Gasteiger partial charge in [0.15, 0.2) is 5.76 Å². The van der Waals surface area contributed by atoms with Crippen molar-refractivity contribution in [1.29, 1.82) is 0 Å². The maximum Gasteiger partial charge on any atom is 0.420 e. The summed E-state index contributed by atoms with van der Waals surface area (Å²) in [4.78, 5) is 28.2. The van der Waals surface area contributed by atoms with Crippen LogP contribution in [0.3, 0.4) is 0 Å². The molecule has 8 nitrogen and oxygen atoms in total. The van der Waals surface area contributed by atoms with Crippen molar-refractivity contribution in [3.05, 3.63) is 95.0 Å². The normalized spacial score (nSPS) is 17.1. The van der Waals surface area contributed by atoms with Gasteiger partial charge < -0.3 is 23.9 Å². The molecule has 1 fully saturated rings. The molecule has 36 heavy (non-hydrogen) atoms. The lowest BCUT2D eigenvalue weighted by molar-refractivity contribution is -0.158. The number of likely N-dealkylation sites (tertiary alicyclic amines) is 1. The van der Waals surface area contributed by atoms with E-state index < -0.39 is 17.8 Å². The fourth-order valence-corrected chi connectivity index (χ4v) is 4.72. The number of aliphatic hydroxyl groups is 1. The zero-order valence-electron chi connectivity index (χ0n) is 20.0. The van der Waals surface area contributed by atoms with Crippen molar-refractivity contribution in [2.24, 2.45) is 0 Å². The van der Waals surface area contributed by atoms with Gasteiger partial charge in [-0.3, -0.25) is 9.36 Å². The Hall–Kier alpha value is -4.30. The number of aromatic nitrogens is 1. The maximum absolute atomic E-state index is 13.5. The van der Waals surface area contributed by atoms with Gasteiger partial charge in [0, 0.05) is 29.3 Å². The van der Waals surface area contributed by atoms with E-state index in [4.69, 9.17) is 13.9 Å². The minimum absolute atomic E-state index is 0.215. The van der Waals surface area contributed by atoms with Crippen LogP contribution in [-0.4, -0.2) is 47.3 Å². The molecule has 2 heterocycles. The fourth-order valence-electron chi connectivity index (χ4n) is 4.72. The summed E-state index contributed by atoms with van der Waals surface area (Å²) >= 11 is 0. The van der Waals surface area contributed by atoms with Crippen LogP contribution in [0.2, 0.25) is 0 Å². The van der Waals surface area contributed by atoms with Gasteiger partial charge in [-0.2, -0.15) is 0 Å². The average Bonchev–Trinajstić information content (AvgIpc) is 3.26. The largest absolute Gasteiger partial charge is 0.497 e. The Morgan fingerprint density at radius 2 is 1.56 bits per heavy atom. The van der Waals surface area contributed by atoms with E-state index >= 15 is 0 Å². The summed E-state index contributed by atoms with van der Waals surface area (Å²) in [5.41, 5.74) is 2.72. The average molecular weight is 487 g/mol. The van der Waals surface area contributed by atoms with E-state index in [0.717, 1.165) is 16.7 Å². The van der Waals surface area contributed by atoms with Crippen LogP contribution in [0.25, 0.3) is 22.6 Å². The summed E-state index contributed by atoms with van der Waals surface area (Å²) in [5.74, 6) is 0.650. The van der Waals surface area contributed by atoms with Crippen LogP contribution in [0.5, 0.6) is 11.5 Å². The molecule has 2 atom stereocenters. The number of carbonyl (C=O) groups excluding carboxylic acids is 1. The van der Waals surface area contributed by atoms with Crippen LogP contribution in [-0.2, 0) is 11.3 Å². The molecule has 0 aliphatic carbocycles. The number of oxazole rings is 1. The van der Waals surface area contributed by atoms with E-state index in [-0.39, 0.29) is 19.1 Å². The Labute approximate surface area is 207 Å². The number of ether oxygens (including phenoxy) is 2. The Morgan fingerprint density at radius 3 is 2.17 bits per heavy atom. The van der Waals surface area contributed by atoms with Crippen molar-refractivity contribution in [3.63, 3.8) is 0 Å². The molecule has 0 bridgehead atoms. The number of methoxy groups -OCH3 is 2. The molecular formula is C28H26N2O6. The Kier molecular flexibility index (Phi) is 6.35. The molecule has 1 amide bonds. The van der Waals surface area contributed by atoms with Gasteiger partial charge in [0.2, 0.25) is 5.91 Å². The number of aliphatic hydroxyl groups excluding tert-OH is 1. The molecule has 8 heteroatoms. The second-order valence-corrected chi connectivity index (χ2v) is 8.49. The highest BCUT2D eigenvalue weighted by Gasteiger charge is 2.50. The molecular weight excluding hydrogens is 460 g/mol. The van der Waals surface area contributed by atoms with Crippen LogP contribution in [0.4, 0.5) is 0 Å². The molecule has 1 aliphatic heterocycles. The second-order valence-electron chi connectivity index (χ2n) is 8.49. The maximum atomic E-state index is 13.5. The molecule has 1 aromatic heterocycles. The molecule has 4 aromatic rings. The van der Waals surface area contributed by atoms with Gasteiger partial charge in [-0.1, -0.05) is 60.7 Å². The highest BCUT2D eigenvalue weighted by atomic mass is 16.5. The van der Waals surface area contributed by atoms with Crippen LogP contribution >= 0.6 is 0 Å². The van der Waals surface area contributed by atoms with Gasteiger partial charge in [0.25, 0.3) is 0 Å². The first-order chi connectivity index (χ1) is 17.6. The number of nitrogens with zero attached hydrogens (tertiary/aromatic N) is 2. The lowest BCUT2D eigenvalue weighted by atomic mass is 9.93. The molecule has 5 rings (SSSR count). The molecule has 0 radical (unpaired) electrons. The molecule has 0 unspecified atom stereocenters. The van der Waals surface area contributed by atoms with Crippen molar-refractivity contribution in [1.82, 2.24) is 9.47 Å². The first kappa shape index (κ1) is 23.4. The first-order valence-corrected chi connectivity index (χ1v) is 11.6. The summed E-state index contributed by atoms with van der Waals surface area (Å²) in [5, 5.41) is 10.3. The summed E-state index contributed by atoms with van der Waals surface area (Å²) < 4.78 is 17.8. The number of amides is 1. The van der Waals surface area contributed by atoms with Crippen molar-refractivity contribution >= 4 is 5.91 Å². The number of carbonyl (C=O) groups is 1. The van der Waals surface area contributed by atoms with Crippen molar-refractivity contribution in [2.75, 3.05) is 20.8 Å². The first-order valence-electron chi connectivity index (χ1n) is 11.6. The molecule has 3 aromatic carbocycles. The molecule has 1 aliphatic rings. The van der Waals surface area contributed by atoms with E-state index in [1.165, 1.54) is 4.57 Å². The van der Waals surface area contributed by atoms with Gasteiger partial charge in [-0.25, -0.2) is 4.79 Å². The lowest BCUT2D eigenvalue weighted by Gasteiger charge is -2.46. The summed E-state index contributed by atoms with van der Waals surface area (Å²) in [6.45, 7) is -0.103. The molecule has 0 saturated carbocycles. The number of hydrogen-bond donors (Lipinski definition) is 1. The number of benzene rings is 3. The van der Waals surface area contributed by atoms with Crippen LogP contribution in [0.15, 0.2) is 88.1 Å². The van der Waals surface area contributed by atoms with Crippen molar-refractivity contribution in [3.8, 4) is 34.1 Å². The highest BCUT2D eigenvalue weighted by molar-refractivity contribution is 5.89. The SMILES string of the molecule is COc1ccc(CN2C(=O)[C@H](n3c(-c4ccccc4)c(-c4ccccc4)oc3=O)[C@@H]2CO)c(OC)c1.